The normalized spacial score (nSPS) is 25.3. The van der Waals surface area contributed by atoms with Crippen LogP contribution in [0.1, 0.15) is 387 Å². The number of rotatable bonds is 74. The highest BCUT2D eigenvalue weighted by Gasteiger charge is 2.60. The first-order valence-corrected chi connectivity index (χ1v) is 47.6. The lowest BCUT2D eigenvalue weighted by molar-refractivity contribution is -0.360. The van der Waals surface area contributed by atoms with Crippen molar-refractivity contribution in [1.29, 1.82) is 0 Å². The minimum atomic E-state index is -5.81. The van der Waals surface area contributed by atoms with Gasteiger partial charge in [0.1, 0.15) is 92.6 Å². The molecule has 674 valence electrons. The molecule has 3 aliphatic rings. The number of carbonyl (C=O) groups is 4. The van der Waals surface area contributed by atoms with Crippen molar-refractivity contribution in [2.45, 2.75) is 491 Å². The van der Waals surface area contributed by atoms with E-state index in [-0.39, 0.29) is 25.7 Å². The number of aliphatic hydroxyl groups excluding tert-OH is 9. The van der Waals surface area contributed by atoms with Crippen LogP contribution in [0, 0.1) is 0 Å². The number of esters is 4. The van der Waals surface area contributed by atoms with Crippen molar-refractivity contribution in [2.75, 3.05) is 26.4 Å². The summed E-state index contributed by atoms with van der Waals surface area (Å²) in [7, 11) is -5.81. The van der Waals surface area contributed by atoms with E-state index in [9.17, 15) is 74.6 Å². The van der Waals surface area contributed by atoms with Crippen LogP contribution in [0.5, 0.6) is 0 Å². The second kappa shape index (κ2) is 68.5. The summed E-state index contributed by atoms with van der Waals surface area (Å²) in [4.78, 5) is 66.4. The molecule has 0 spiro atoms. The highest BCUT2D eigenvalue weighted by molar-refractivity contribution is 7.47. The van der Waals surface area contributed by atoms with Crippen molar-refractivity contribution in [2.24, 2.45) is 0 Å². The first-order valence-electron chi connectivity index (χ1n) is 46.1. The SMILES string of the molecule is CCCCCC/C=C\CCCCCCCCCC(=O)OCC(COP(=O)(O)OC1C(OC2OC(CO)C(O)C(O)C2O)C(O)C(O)C(OC(=O)CCCCCCCCCCCCCCC)C1OC1OC(COC(=O)CCCCC/C=C\CCCCCCCC)C(O)C(O)C1O)OC(=O)CCCCCCCCCCCCCCCCC. The Kier molecular flexibility index (Phi) is 63.2. The van der Waals surface area contributed by atoms with Crippen molar-refractivity contribution < 1.29 is 122 Å². The zero-order valence-electron chi connectivity index (χ0n) is 71.6. The molecule has 0 aromatic carbocycles. The predicted molar refractivity (Wildman–Crippen MR) is 444 cm³/mol. The lowest BCUT2D eigenvalue weighted by Gasteiger charge is -2.50. The van der Waals surface area contributed by atoms with E-state index in [1.165, 1.54) is 154 Å². The average Bonchev–Trinajstić information content (AvgIpc) is 0.754. The number of allylic oxidation sites excluding steroid dienone is 4. The predicted octanol–water partition coefficient (Wildman–Crippen LogP) is 16.5. The largest absolute Gasteiger partial charge is 0.472 e. The van der Waals surface area contributed by atoms with Gasteiger partial charge in [-0.1, -0.05) is 309 Å². The van der Waals surface area contributed by atoms with Gasteiger partial charge in [0.05, 0.1) is 13.2 Å². The van der Waals surface area contributed by atoms with Gasteiger partial charge in [0.2, 0.25) is 0 Å². The van der Waals surface area contributed by atoms with Crippen LogP contribution in [0.25, 0.3) is 0 Å². The van der Waals surface area contributed by atoms with E-state index in [0.29, 0.717) is 38.5 Å². The summed E-state index contributed by atoms with van der Waals surface area (Å²) in [6.07, 6.45) is 27.6. The molecule has 0 radical (unpaired) electrons. The van der Waals surface area contributed by atoms with Gasteiger partial charge in [0, 0.05) is 25.7 Å². The van der Waals surface area contributed by atoms with Gasteiger partial charge >= 0.3 is 31.7 Å². The molecule has 3 rings (SSSR count). The van der Waals surface area contributed by atoms with Gasteiger partial charge in [-0.05, 0) is 77.0 Å². The Bertz CT molecular complexity index is 2490. The fourth-order valence-corrected chi connectivity index (χ4v) is 16.0. The molecule has 115 heavy (non-hydrogen) atoms. The molecule has 26 heteroatoms. The van der Waals surface area contributed by atoms with E-state index < -0.39 is 162 Å². The minimum absolute atomic E-state index is 0.00554. The maximum absolute atomic E-state index is 14.9. The molecule has 0 bridgehead atoms. The number of hydrogen-bond donors (Lipinski definition) is 10. The Labute approximate surface area is 692 Å². The van der Waals surface area contributed by atoms with Gasteiger partial charge in [-0.3, -0.25) is 28.2 Å². The van der Waals surface area contributed by atoms with Gasteiger partial charge in [0.25, 0.3) is 0 Å². The van der Waals surface area contributed by atoms with Crippen LogP contribution >= 0.6 is 7.82 Å². The number of aliphatic hydroxyl groups is 9. The highest BCUT2D eigenvalue weighted by Crippen LogP contribution is 2.49. The van der Waals surface area contributed by atoms with Crippen LogP contribution in [-0.2, 0) is 70.7 Å². The van der Waals surface area contributed by atoms with Crippen LogP contribution in [0.4, 0.5) is 0 Å². The summed E-state index contributed by atoms with van der Waals surface area (Å²) < 4.78 is 73.3. The van der Waals surface area contributed by atoms with Crippen LogP contribution in [0.3, 0.4) is 0 Å². The standard InChI is InChI=1S/C89H163O25P/c1-5-9-13-17-21-25-29-33-35-39-42-45-49-53-57-61-72(91)105-66-69(108-74(93)63-59-55-51-47-44-40-36-34-30-26-22-18-14-10-6-2)67-107-115(103,104)114-87-85(112-88-82(101)78(97)76(95)70(65-90)109-88)81(100)80(99)84(111-75(94)64-60-56-52-48-43-38-32-28-24-20-16-12-8-4)86(87)113-89-83(102)79(98)77(96)71(110-89)68-106-73(92)62-58-54-50-46-41-37-31-27-23-19-15-11-7-3/h25,29,37,41,69-71,76-90,95-102H,5-24,26-28,30-36,38-40,42-68H2,1-4H3,(H,103,104)/b29-25-,41-37-. The third-order valence-electron chi connectivity index (χ3n) is 22.4. The smallest absolute Gasteiger partial charge is 0.463 e. The fourth-order valence-electron chi connectivity index (χ4n) is 15.1. The Balaban J connectivity index is 1.93. The van der Waals surface area contributed by atoms with Crippen molar-refractivity contribution in [1.82, 2.24) is 0 Å². The summed E-state index contributed by atoms with van der Waals surface area (Å²) in [6, 6.07) is 0. The first-order chi connectivity index (χ1) is 55.7. The molecular formula is C89H163O25P. The Morgan fingerprint density at radius 1 is 0.339 bits per heavy atom. The van der Waals surface area contributed by atoms with Crippen LogP contribution in [0.15, 0.2) is 24.3 Å². The summed E-state index contributed by atoms with van der Waals surface area (Å²) in [6.45, 7) is 5.55. The van der Waals surface area contributed by atoms with Gasteiger partial charge in [-0.15, -0.1) is 0 Å². The second-order valence-corrected chi connectivity index (χ2v) is 34.2. The maximum Gasteiger partial charge on any atom is 0.472 e. The maximum atomic E-state index is 14.9. The van der Waals surface area contributed by atoms with Gasteiger partial charge in [-0.25, -0.2) is 4.57 Å². The van der Waals surface area contributed by atoms with Crippen LogP contribution in [-0.4, -0.2) is 205 Å². The zero-order valence-corrected chi connectivity index (χ0v) is 72.5. The zero-order chi connectivity index (χ0) is 84.0. The molecule has 2 heterocycles. The minimum Gasteiger partial charge on any atom is -0.463 e. The summed E-state index contributed by atoms with van der Waals surface area (Å²) >= 11 is 0. The molecule has 3 fully saturated rings. The topological polar surface area (TPSA) is 380 Å². The van der Waals surface area contributed by atoms with E-state index in [0.717, 1.165) is 141 Å². The molecular weight excluding hydrogens is 1500 g/mol. The van der Waals surface area contributed by atoms with E-state index in [4.69, 9.17) is 46.9 Å². The third-order valence-corrected chi connectivity index (χ3v) is 23.4. The molecule has 2 aliphatic heterocycles. The van der Waals surface area contributed by atoms with E-state index >= 15 is 0 Å². The second-order valence-electron chi connectivity index (χ2n) is 32.8. The summed E-state index contributed by atoms with van der Waals surface area (Å²) in [5, 5.41) is 102. The fraction of sp³-hybridized carbons (Fsp3) is 0.910. The van der Waals surface area contributed by atoms with Crippen molar-refractivity contribution in [3.8, 4) is 0 Å². The molecule has 1 saturated carbocycles. The number of unbranched alkanes of at least 4 members (excludes halogenated alkanes) is 46. The van der Waals surface area contributed by atoms with Gasteiger partial charge < -0.3 is 88.7 Å². The number of phosphoric ester groups is 1. The molecule has 0 amide bonds. The lowest BCUT2D eigenvalue weighted by atomic mass is 9.84. The van der Waals surface area contributed by atoms with E-state index in [1.807, 2.05) is 0 Å². The molecule has 25 nitrogen and oxygen atoms in total. The van der Waals surface area contributed by atoms with Crippen LogP contribution in [0.2, 0.25) is 0 Å². The summed E-state index contributed by atoms with van der Waals surface area (Å²) in [5.41, 5.74) is 0. The highest BCUT2D eigenvalue weighted by atomic mass is 31.2. The van der Waals surface area contributed by atoms with E-state index in [2.05, 4.69) is 52.0 Å². The quantitative estimate of drug-likeness (QED) is 0.00889. The molecule has 2 saturated heterocycles. The number of ether oxygens (including phenoxy) is 8. The molecule has 1 aliphatic carbocycles. The number of hydrogen-bond acceptors (Lipinski definition) is 24. The summed E-state index contributed by atoms with van der Waals surface area (Å²) in [5.74, 6) is -2.98. The third kappa shape index (κ3) is 49.0. The van der Waals surface area contributed by atoms with Crippen molar-refractivity contribution in [3.63, 3.8) is 0 Å². The molecule has 0 aromatic heterocycles. The van der Waals surface area contributed by atoms with E-state index in [1.54, 1.807) is 0 Å². The molecule has 18 atom stereocenters. The van der Waals surface area contributed by atoms with Crippen molar-refractivity contribution >= 4 is 31.7 Å². The molecule has 18 unspecified atom stereocenters. The number of carbonyl (C=O) groups excluding carboxylic acids is 4. The van der Waals surface area contributed by atoms with Crippen molar-refractivity contribution in [3.05, 3.63) is 24.3 Å². The van der Waals surface area contributed by atoms with Gasteiger partial charge in [-0.2, -0.15) is 0 Å². The monoisotopic (exact) mass is 1660 g/mol. The first kappa shape index (κ1) is 106. The Morgan fingerprint density at radius 2 is 0.652 bits per heavy atom. The Morgan fingerprint density at radius 3 is 1.05 bits per heavy atom. The number of phosphoric acid groups is 1. The molecule has 10 N–H and O–H groups in total. The average molecular weight is 1660 g/mol. The van der Waals surface area contributed by atoms with Crippen LogP contribution < -0.4 is 0 Å². The van der Waals surface area contributed by atoms with Gasteiger partial charge in [0.15, 0.2) is 24.8 Å². The Hall–Kier alpha value is -3.05. The molecule has 0 aromatic rings. The lowest BCUT2D eigenvalue weighted by Crippen LogP contribution is -2.70.